The molecule has 2 amide bonds. The minimum Gasteiger partial charge on any atom is -0.396 e. The maximum Gasteiger partial charge on any atom is 0.315 e. The molecule has 0 radical (unpaired) electrons. The fourth-order valence-electron chi connectivity index (χ4n) is 2.32. The number of benzene rings is 1. The number of hydrogen-bond acceptors (Lipinski definition) is 3. The predicted molar refractivity (Wildman–Crippen MR) is 89.9 cm³/mol. The number of nitrogens with one attached hydrogen (secondary N) is 2. The third-order valence-corrected chi connectivity index (χ3v) is 3.57. The van der Waals surface area contributed by atoms with Gasteiger partial charge in [0.15, 0.2) is 0 Å². The van der Waals surface area contributed by atoms with Crippen LogP contribution in [0.1, 0.15) is 16.8 Å². The van der Waals surface area contributed by atoms with Gasteiger partial charge in [-0.05, 0) is 31.0 Å². The first-order valence-electron chi connectivity index (χ1n) is 7.75. The van der Waals surface area contributed by atoms with Crippen molar-refractivity contribution in [3.63, 3.8) is 0 Å². The summed E-state index contributed by atoms with van der Waals surface area (Å²) < 4.78 is 0. The highest BCUT2D eigenvalue weighted by molar-refractivity contribution is 5.73. The van der Waals surface area contributed by atoms with Crippen LogP contribution < -0.4 is 10.6 Å². The van der Waals surface area contributed by atoms with Gasteiger partial charge in [-0.15, -0.1) is 0 Å². The minimum atomic E-state index is -0.231. The summed E-state index contributed by atoms with van der Waals surface area (Å²) in [7, 11) is 0. The number of carbonyl (C=O) groups excluding carboxylic acids is 1. The van der Waals surface area contributed by atoms with E-state index in [2.05, 4.69) is 15.6 Å². The van der Waals surface area contributed by atoms with Crippen molar-refractivity contribution in [3.8, 4) is 0 Å². The van der Waals surface area contributed by atoms with Crippen LogP contribution >= 0.6 is 0 Å². The highest BCUT2D eigenvalue weighted by atomic mass is 16.3. The van der Waals surface area contributed by atoms with E-state index in [1.807, 2.05) is 49.4 Å². The smallest absolute Gasteiger partial charge is 0.315 e. The van der Waals surface area contributed by atoms with Crippen LogP contribution in [0.3, 0.4) is 0 Å². The number of hydrogen-bond donors (Lipinski definition) is 3. The Kier molecular flexibility index (Phi) is 6.56. The summed E-state index contributed by atoms with van der Waals surface area (Å²) in [5.74, 6) is -0.0466. The lowest BCUT2D eigenvalue weighted by Crippen LogP contribution is -2.39. The normalized spacial score (nSPS) is 11.7. The van der Waals surface area contributed by atoms with Gasteiger partial charge in [0.1, 0.15) is 0 Å². The second-order valence-corrected chi connectivity index (χ2v) is 5.63. The van der Waals surface area contributed by atoms with E-state index in [-0.39, 0.29) is 18.6 Å². The van der Waals surface area contributed by atoms with Crippen molar-refractivity contribution in [1.82, 2.24) is 15.6 Å². The van der Waals surface area contributed by atoms with Crippen molar-refractivity contribution in [2.24, 2.45) is 5.92 Å². The Morgan fingerprint density at radius 3 is 2.78 bits per heavy atom. The number of carbonyl (C=O) groups is 1. The monoisotopic (exact) mass is 313 g/mol. The van der Waals surface area contributed by atoms with E-state index in [0.717, 1.165) is 11.3 Å². The molecule has 1 aromatic carbocycles. The van der Waals surface area contributed by atoms with Crippen LogP contribution in [0.2, 0.25) is 0 Å². The average Bonchev–Trinajstić information content (AvgIpc) is 2.57. The molecule has 5 nitrogen and oxygen atoms in total. The molecule has 5 heteroatoms. The van der Waals surface area contributed by atoms with Crippen molar-refractivity contribution in [2.75, 3.05) is 13.2 Å². The van der Waals surface area contributed by atoms with Crippen LogP contribution in [0.5, 0.6) is 0 Å². The van der Waals surface area contributed by atoms with Crippen LogP contribution in [0.25, 0.3) is 0 Å². The molecular formula is C18H23N3O2. The summed E-state index contributed by atoms with van der Waals surface area (Å²) in [6.45, 7) is 2.92. The van der Waals surface area contributed by atoms with Gasteiger partial charge in [0.2, 0.25) is 0 Å². The number of amides is 2. The quantitative estimate of drug-likeness (QED) is 0.732. The molecule has 0 fully saturated rings. The largest absolute Gasteiger partial charge is 0.396 e. The lowest BCUT2D eigenvalue weighted by molar-refractivity contribution is 0.213. The molecule has 1 atom stereocenters. The molecule has 122 valence electrons. The molecule has 2 rings (SSSR count). The van der Waals surface area contributed by atoms with Gasteiger partial charge in [-0.2, -0.15) is 0 Å². The Morgan fingerprint density at radius 2 is 2.09 bits per heavy atom. The van der Waals surface area contributed by atoms with Crippen molar-refractivity contribution in [3.05, 3.63) is 65.5 Å². The Balaban J connectivity index is 1.74. The van der Waals surface area contributed by atoms with E-state index in [4.69, 9.17) is 0 Å². The topological polar surface area (TPSA) is 74.2 Å². The molecule has 0 aliphatic rings. The Labute approximate surface area is 136 Å². The highest BCUT2D eigenvalue weighted by Gasteiger charge is 2.11. The van der Waals surface area contributed by atoms with E-state index >= 15 is 0 Å². The van der Waals surface area contributed by atoms with Gasteiger partial charge in [-0.3, -0.25) is 4.98 Å². The molecule has 0 bridgehead atoms. The molecule has 23 heavy (non-hydrogen) atoms. The first-order valence-corrected chi connectivity index (χ1v) is 7.75. The lowest BCUT2D eigenvalue weighted by Gasteiger charge is -2.15. The van der Waals surface area contributed by atoms with E-state index in [1.54, 1.807) is 6.20 Å². The van der Waals surface area contributed by atoms with Crippen molar-refractivity contribution >= 4 is 6.03 Å². The third kappa shape index (κ3) is 6.08. The first kappa shape index (κ1) is 17.0. The van der Waals surface area contributed by atoms with Crippen LogP contribution in [0.15, 0.2) is 48.7 Å². The molecule has 1 heterocycles. The van der Waals surface area contributed by atoms with Gasteiger partial charge < -0.3 is 15.7 Å². The number of urea groups is 1. The maximum atomic E-state index is 11.9. The fraction of sp³-hybridized carbons (Fsp3) is 0.333. The number of rotatable bonds is 7. The van der Waals surface area contributed by atoms with Crippen LogP contribution in [-0.2, 0) is 13.0 Å². The molecule has 3 N–H and O–H groups in total. The van der Waals surface area contributed by atoms with Gasteiger partial charge in [0.05, 0.1) is 0 Å². The van der Waals surface area contributed by atoms with Gasteiger partial charge >= 0.3 is 6.03 Å². The number of aromatic nitrogens is 1. The second-order valence-electron chi connectivity index (χ2n) is 5.63. The summed E-state index contributed by atoms with van der Waals surface area (Å²) >= 11 is 0. The van der Waals surface area contributed by atoms with E-state index < -0.39 is 0 Å². The molecule has 1 unspecified atom stereocenters. The number of pyridine rings is 1. The summed E-state index contributed by atoms with van der Waals surface area (Å²) in [6, 6.07) is 13.5. The summed E-state index contributed by atoms with van der Waals surface area (Å²) in [4.78, 5) is 16.1. The highest BCUT2D eigenvalue weighted by Crippen LogP contribution is 2.05. The molecule has 0 saturated heterocycles. The first-order chi connectivity index (χ1) is 11.2. The third-order valence-electron chi connectivity index (χ3n) is 3.57. The van der Waals surface area contributed by atoms with Crippen molar-refractivity contribution in [2.45, 2.75) is 19.9 Å². The standard InChI is InChI=1S/C18H23N3O2/c1-14-5-4-6-15(9-14)11-20-18(23)21-12-16(13-22)10-17-7-2-3-8-19-17/h2-9,16,22H,10-13H2,1H3,(H2,20,21,23). The Hall–Kier alpha value is -2.40. The second kappa shape index (κ2) is 8.90. The number of aliphatic hydroxyl groups excluding tert-OH is 1. The minimum absolute atomic E-state index is 0.00866. The molecule has 2 aromatic rings. The molecule has 0 spiro atoms. The lowest BCUT2D eigenvalue weighted by atomic mass is 10.0. The molecule has 0 saturated carbocycles. The molecule has 1 aromatic heterocycles. The summed E-state index contributed by atoms with van der Waals surface area (Å²) in [5, 5.41) is 15.1. The zero-order valence-corrected chi connectivity index (χ0v) is 13.3. The SMILES string of the molecule is Cc1cccc(CNC(=O)NCC(CO)Cc2ccccn2)c1. The molecular weight excluding hydrogens is 290 g/mol. The van der Waals surface area contributed by atoms with Crippen molar-refractivity contribution in [1.29, 1.82) is 0 Å². The van der Waals surface area contributed by atoms with E-state index in [0.29, 0.717) is 19.5 Å². The molecule has 0 aliphatic heterocycles. The zero-order valence-electron chi connectivity index (χ0n) is 13.3. The average molecular weight is 313 g/mol. The summed E-state index contributed by atoms with van der Waals surface area (Å²) in [5.41, 5.74) is 3.14. The van der Waals surface area contributed by atoms with Crippen LogP contribution in [0.4, 0.5) is 4.79 Å². The number of aryl methyl sites for hydroxylation is 1. The number of nitrogens with zero attached hydrogens (tertiary/aromatic N) is 1. The van der Waals surface area contributed by atoms with E-state index in [9.17, 15) is 9.90 Å². The number of aliphatic hydroxyl groups is 1. The Morgan fingerprint density at radius 1 is 1.22 bits per heavy atom. The zero-order chi connectivity index (χ0) is 16.5. The van der Waals surface area contributed by atoms with Crippen molar-refractivity contribution < 1.29 is 9.90 Å². The Bertz CT molecular complexity index is 617. The van der Waals surface area contributed by atoms with Crippen LogP contribution in [0, 0.1) is 12.8 Å². The van der Waals surface area contributed by atoms with Gasteiger partial charge in [-0.1, -0.05) is 35.9 Å². The van der Waals surface area contributed by atoms with Gasteiger partial charge in [-0.25, -0.2) is 4.79 Å². The predicted octanol–water partition coefficient (Wildman–Crippen LogP) is 2.04. The fourth-order valence-corrected chi connectivity index (χ4v) is 2.32. The molecule has 0 aliphatic carbocycles. The van der Waals surface area contributed by atoms with E-state index in [1.165, 1.54) is 5.56 Å². The van der Waals surface area contributed by atoms with Crippen LogP contribution in [-0.4, -0.2) is 29.3 Å². The maximum absolute atomic E-state index is 11.9. The summed E-state index contributed by atoms with van der Waals surface area (Å²) in [6.07, 6.45) is 2.36. The van der Waals surface area contributed by atoms with Gasteiger partial charge in [0, 0.05) is 37.5 Å². The van der Waals surface area contributed by atoms with Gasteiger partial charge in [0.25, 0.3) is 0 Å².